The molecule has 3 amide bonds. The molecule has 0 aromatic heterocycles. The number of phenolic OH excluding ortho intramolecular Hbond substituents is 1. The molecule has 0 aliphatic carbocycles. The zero-order chi connectivity index (χ0) is 22.1. The smallest absolute Gasteiger partial charge is 0.328 e. The van der Waals surface area contributed by atoms with Crippen molar-refractivity contribution in [2.45, 2.75) is 37.4 Å². The predicted molar refractivity (Wildman–Crippen MR) is 104 cm³/mol. The van der Waals surface area contributed by atoms with E-state index >= 15 is 0 Å². The molecule has 1 heterocycles. The largest absolute Gasteiger partial charge is 0.508 e. The summed E-state index contributed by atoms with van der Waals surface area (Å²) < 4.78 is 0. The lowest BCUT2D eigenvalue weighted by Crippen LogP contribution is -2.55. The van der Waals surface area contributed by atoms with Crippen LogP contribution in [0.1, 0.15) is 18.4 Å². The Morgan fingerprint density at radius 1 is 1.10 bits per heavy atom. The van der Waals surface area contributed by atoms with Crippen LogP contribution in [0.4, 0.5) is 0 Å². The first-order chi connectivity index (χ1) is 14.3. The second-order valence-corrected chi connectivity index (χ2v) is 6.94. The number of hydrogen-bond acceptors (Lipinski definition) is 7. The number of carboxylic acids is 1. The van der Waals surface area contributed by atoms with Crippen LogP contribution < -0.4 is 21.3 Å². The Labute approximate surface area is 172 Å². The number of amides is 3. The Balaban J connectivity index is 2.00. The summed E-state index contributed by atoms with van der Waals surface area (Å²) in [5, 5.41) is 37.6. The van der Waals surface area contributed by atoms with Gasteiger partial charge < -0.3 is 36.6 Å². The number of hydrogen-bond donors (Lipinski definition) is 7. The Bertz CT molecular complexity index is 763. The lowest BCUT2D eigenvalue weighted by molar-refractivity contribution is -0.143. The van der Waals surface area contributed by atoms with Crippen LogP contribution in [0.5, 0.6) is 5.75 Å². The molecule has 0 spiro atoms. The summed E-state index contributed by atoms with van der Waals surface area (Å²) >= 11 is 0. The molecule has 7 N–H and O–H groups in total. The van der Waals surface area contributed by atoms with Gasteiger partial charge in [0.25, 0.3) is 0 Å². The number of phenols is 1. The van der Waals surface area contributed by atoms with Crippen LogP contribution in [0, 0.1) is 0 Å². The molecular formula is C19H26N4O7. The molecule has 0 saturated carbocycles. The van der Waals surface area contributed by atoms with Crippen molar-refractivity contribution in [1.29, 1.82) is 0 Å². The van der Waals surface area contributed by atoms with Crippen molar-refractivity contribution < 1.29 is 34.5 Å². The van der Waals surface area contributed by atoms with E-state index in [2.05, 4.69) is 21.3 Å². The van der Waals surface area contributed by atoms with Crippen molar-refractivity contribution in [3.05, 3.63) is 29.8 Å². The van der Waals surface area contributed by atoms with Crippen molar-refractivity contribution in [3.63, 3.8) is 0 Å². The third-order valence-electron chi connectivity index (χ3n) is 4.63. The fourth-order valence-electron chi connectivity index (χ4n) is 2.98. The molecule has 1 aliphatic rings. The average Bonchev–Trinajstić information content (AvgIpc) is 3.26. The number of aliphatic hydroxyl groups excluding tert-OH is 1. The molecule has 1 saturated heterocycles. The van der Waals surface area contributed by atoms with Gasteiger partial charge in [-0.05, 0) is 37.1 Å². The third kappa shape index (κ3) is 7.01. The van der Waals surface area contributed by atoms with Crippen LogP contribution in [-0.2, 0) is 25.6 Å². The van der Waals surface area contributed by atoms with E-state index < -0.39 is 36.5 Å². The molecule has 11 heteroatoms. The minimum absolute atomic E-state index is 0.00769. The van der Waals surface area contributed by atoms with Gasteiger partial charge in [0.1, 0.15) is 17.8 Å². The van der Waals surface area contributed by atoms with Crippen LogP contribution in [-0.4, -0.2) is 76.8 Å². The molecule has 30 heavy (non-hydrogen) atoms. The lowest BCUT2D eigenvalue weighted by Gasteiger charge is -2.21. The molecule has 1 aliphatic heterocycles. The highest BCUT2D eigenvalue weighted by atomic mass is 16.4. The van der Waals surface area contributed by atoms with Crippen molar-refractivity contribution in [1.82, 2.24) is 21.3 Å². The zero-order valence-corrected chi connectivity index (χ0v) is 16.3. The van der Waals surface area contributed by atoms with Gasteiger partial charge in [0.2, 0.25) is 17.7 Å². The quantitative estimate of drug-likeness (QED) is 0.223. The monoisotopic (exact) mass is 422 g/mol. The Hall–Kier alpha value is -3.18. The summed E-state index contributed by atoms with van der Waals surface area (Å²) in [6, 6.07) is 2.90. The predicted octanol–water partition coefficient (Wildman–Crippen LogP) is -2.15. The highest BCUT2D eigenvalue weighted by molar-refractivity contribution is 5.92. The highest BCUT2D eigenvalue weighted by Crippen LogP contribution is 2.11. The van der Waals surface area contributed by atoms with Crippen LogP contribution in [0.25, 0.3) is 0 Å². The number of carbonyl (C=O) groups is 4. The van der Waals surface area contributed by atoms with E-state index in [-0.39, 0.29) is 30.7 Å². The van der Waals surface area contributed by atoms with E-state index in [4.69, 9.17) is 10.2 Å². The highest BCUT2D eigenvalue weighted by Gasteiger charge is 2.27. The number of aliphatic carboxylic acids is 1. The van der Waals surface area contributed by atoms with Crippen molar-refractivity contribution >= 4 is 23.7 Å². The molecule has 3 atom stereocenters. The number of nitrogens with one attached hydrogen (secondary N) is 4. The van der Waals surface area contributed by atoms with Gasteiger partial charge in [-0.25, -0.2) is 4.79 Å². The minimum atomic E-state index is -1.52. The maximum atomic E-state index is 12.5. The van der Waals surface area contributed by atoms with E-state index in [9.17, 15) is 24.3 Å². The molecular weight excluding hydrogens is 396 g/mol. The molecule has 0 bridgehead atoms. The number of carbonyl (C=O) groups excluding carboxylic acids is 3. The van der Waals surface area contributed by atoms with Crippen LogP contribution in [0.3, 0.4) is 0 Å². The number of rotatable bonds is 10. The van der Waals surface area contributed by atoms with Gasteiger partial charge in [-0.2, -0.15) is 0 Å². The van der Waals surface area contributed by atoms with E-state index in [0.717, 1.165) is 13.0 Å². The number of aromatic hydroxyl groups is 1. The molecule has 1 fully saturated rings. The van der Waals surface area contributed by atoms with E-state index in [1.165, 1.54) is 12.1 Å². The van der Waals surface area contributed by atoms with Gasteiger partial charge >= 0.3 is 5.97 Å². The summed E-state index contributed by atoms with van der Waals surface area (Å²) in [6.45, 7) is -0.432. The van der Waals surface area contributed by atoms with Crippen molar-refractivity contribution in [2.75, 3.05) is 19.7 Å². The first kappa shape index (κ1) is 23.1. The van der Waals surface area contributed by atoms with Crippen LogP contribution in [0.2, 0.25) is 0 Å². The first-order valence-electron chi connectivity index (χ1n) is 9.52. The van der Waals surface area contributed by atoms with Gasteiger partial charge in [-0.1, -0.05) is 12.1 Å². The molecule has 1 aromatic rings. The van der Waals surface area contributed by atoms with Gasteiger partial charge in [0, 0.05) is 6.42 Å². The topological polar surface area (TPSA) is 177 Å². The SMILES string of the molecule is O=C(CNC(=O)C1CCCN1)NC(Cc1ccc(O)cc1)C(=O)NC(CO)C(=O)O. The summed E-state index contributed by atoms with van der Waals surface area (Å²) in [4.78, 5) is 47.9. The molecule has 11 nitrogen and oxygen atoms in total. The van der Waals surface area contributed by atoms with E-state index in [1.54, 1.807) is 12.1 Å². The standard InChI is InChI=1S/C19H26N4O7/c24-10-15(19(29)30)23-18(28)14(8-11-3-5-12(25)6-4-11)22-16(26)9-21-17(27)13-2-1-7-20-13/h3-6,13-15,20,24-25H,1-2,7-10H2,(H,21,27)(H,22,26)(H,23,28)(H,29,30). The Morgan fingerprint density at radius 3 is 2.37 bits per heavy atom. The molecule has 3 unspecified atom stereocenters. The van der Waals surface area contributed by atoms with E-state index in [1.807, 2.05) is 0 Å². The first-order valence-corrected chi connectivity index (χ1v) is 9.52. The van der Waals surface area contributed by atoms with E-state index in [0.29, 0.717) is 12.0 Å². The fraction of sp³-hybridized carbons (Fsp3) is 0.474. The molecule has 1 aromatic carbocycles. The van der Waals surface area contributed by atoms with Gasteiger partial charge in [0.05, 0.1) is 19.2 Å². The van der Waals surface area contributed by atoms with Crippen molar-refractivity contribution in [2.24, 2.45) is 0 Å². The van der Waals surface area contributed by atoms with Crippen molar-refractivity contribution in [3.8, 4) is 5.75 Å². The van der Waals surface area contributed by atoms with Crippen LogP contribution in [0.15, 0.2) is 24.3 Å². The Morgan fingerprint density at radius 2 is 1.80 bits per heavy atom. The second kappa shape index (κ2) is 11.1. The molecule has 0 radical (unpaired) electrons. The lowest BCUT2D eigenvalue weighted by atomic mass is 10.0. The van der Waals surface area contributed by atoms with Gasteiger partial charge in [-0.15, -0.1) is 0 Å². The van der Waals surface area contributed by atoms with Gasteiger partial charge in [0.15, 0.2) is 0 Å². The summed E-state index contributed by atoms with van der Waals surface area (Å²) in [6.07, 6.45) is 1.56. The molecule has 2 rings (SSSR count). The number of benzene rings is 1. The Kier molecular flexibility index (Phi) is 8.56. The maximum absolute atomic E-state index is 12.5. The maximum Gasteiger partial charge on any atom is 0.328 e. The van der Waals surface area contributed by atoms with Gasteiger partial charge in [-0.3, -0.25) is 14.4 Å². The normalized spacial score (nSPS) is 17.6. The summed E-state index contributed by atoms with van der Waals surface area (Å²) in [5.41, 5.74) is 0.600. The number of aliphatic hydroxyl groups is 1. The summed E-state index contributed by atoms with van der Waals surface area (Å²) in [7, 11) is 0. The minimum Gasteiger partial charge on any atom is -0.508 e. The number of carboxylic acid groups (broad SMARTS) is 1. The summed E-state index contributed by atoms with van der Waals surface area (Å²) in [5.74, 6) is -3.14. The fourth-order valence-corrected chi connectivity index (χ4v) is 2.98. The third-order valence-corrected chi connectivity index (χ3v) is 4.63. The average molecular weight is 422 g/mol. The second-order valence-electron chi connectivity index (χ2n) is 6.94. The molecule has 164 valence electrons. The zero-order valence-electron chi connectivity index (χ0n) is 16.3. The van der Waals surface area contributed by atoms with Crippen LogP contribution >= 0.6 is 0 Å².